The Kier molecular flexibility index (Phi) is 3.34. The highest BCUT2D eigenvalue weighted by atomic mass is 15.0. The standard InChI is InChI=1S/C11H21N3/c1-7(2)14-8(3)5-10(9(14)4)11(13)6-12/h5,7,11H,6,12-13H2,1-4H3/t11-/m0/s1. The van der Waals surface area contributed by atoms with Crippen molar-refractivity contribution in [1.82, 2.24) is 4.57 Å². The molecular weight excluding hydrogens is 174 g/mol. The lowest BCUT2D eigenvalue weighted by Crippen LogP contribution is -2.21. The molecule has 0 aliphatic carbocycles. The molecule has 0 bridgehead atoms. The Balaban J connectivity index is 3.16. The maximum atomic E-state index is 5.94. The van der Waals surface area contributed by atoms with Gasteiger partial charge in [0.2, 0.25) is 0 Å². The van der Waals surface area contributed by atoms with Gasteiger partial charge in [-0.1, -0.05) is 0 Å². The lowest BCUT2D eigenvalue weighted by Gasteiger charge is -2.15. The topological polar surface area (TPSA) is 57.0 Å². The lowest BCUT2D eigenvalue weighted by molar-refractivity contribution is 0.570. The Morgan fingerprint density at radius 2 is 1.93 bits per heavy atom. The van der Waals surface area contributed by atoms with Crippen molar-refractivity contribution in [2.75, 3.05) is 6.54 Å². The Morgan fingerprint density at radius 1 is 1.36 bits per heavy atom. The first-order chi connectivity index (χ1) is 6.49. The summed E-state index contributed by atoms with van der Waals surface area (Å²) >= 11 is 0. The summed E-state index contributed by atoms with van der Waals surface area (Å²) in [5, 5.41) is 0. The molecule has 0 radical (unpaired) electrons. The smallest absolute Gasteiger partial charge is 0.0437 e. The highest BCUT2D eigenvalue weighted by Crippen LogP contribution is 2.23. The molecule has 1 rings (SSSR count). The number of aryl methyl sites for hydroxylation is 1. The fourth-order valence-electron chi connectivity index (χ4n) is 2.10. The van der Waals surface area contributed by atoms with Crippen molar-refractivity contribution in [3.8, 4) is 0 Å². The molecule has 1 heterocycles. The molecule has 0 fully saturated rings. The zero-order valence-electron chi connectivity index (χ0n) is 9.54. The van der Waals surface area contributed by atoms with E-state index in [1.54, 1.807) is 0 Å². The number of hydrogen-bond acceptors (Lipinski definition) is 2. The van der Waals surface area contributed by atoms with Gasteiger partial charge in [0, 0.05) is 30.0 Å². The molecule has 0 aliphatic rings. The van der Waals surface area contributed by atoms with Gasteiger partial charge in [-0.05, 0) is 39.3 Å². The fraction of sp³-hybridized carbons (Fsp3) is 0.636. The van der Waals surface area contributed by atoms with E-state index in [2.05, 4.69) is 38.3 Å². The van der Waals surface area contributed by atoms with Crippen molar-refractivity contribution in [2.24, 2.45) is 11.5 Å². The normalized spacial score (nSPS) is 13.6. The van der Waals surface area contributed by atoms with Gasteiger partial charge in [-0.25, -0.2) is 0 Å². The predicted octanol–water partition coefficient (Wildman–Crippen LogP) is 1.64. The van der Waals surface area contributed by atoms with Crippen LogP contribution in [0.5, 0.6) is 0 Å². The molecule has 1 atom stereocenters. The molecule has 3 nitrogen and oxygen atoms in total. The van der Waals surface area contributed by atoms with Crippen LogP contribution >= 0.6 is 0 Å². The third-order valence-electron chi connectivity index (χ3n) is 2.69. The summed E-state index contributed by atoms with van der Waals surface area (Å²) in [6, 6.07) is 2.59. The first-order valence-electron chi connectivity index (χ1n) is 5.13. The first kappa shape index (κ1) is 11.3. The van der Waals surface area contributed by atoms with Crippen LogP contribution in [0.2, 0.25) is 0 Å². The number of hydrogen-bond donors (Lipinski definition) is 2. The number of rotatable bonds is 3. The van der Waals surface area contributed by atoms with E-state index < -0.39 is 0 Å². The van der Waals surface area contributed by atoms with Gasteiger partial charge in [0.1, 0.15) is 0 Å². The highest BCUT2D eigenvalue weighted by molar-refractivity contribution is 5.30. The molecule has 0 aliphatic heterocycles. The molecule has 0 amide bonds. The van der Waals surface area contributed by atoms with Crippen molar-refractivity contribution in [3.05, 3.63) is 23.0 Å². The monoisotopic (exact) mass is 195 g/mol. The molecule has 3 heteroatoms. The third kappa shape index (κ3) is 1.83. The minimum absolute atomic E-state index is 0.0336. The van der Waals surface area contributed by atoms with E-state index in [-0.39, 0.29) is 6.04 Å². The Hall–Kier alpha value is -0.800. The molecule has 0 aromatic carbocycles. The maximum Gasteiger partial charge on any atom is 0.0437 e. The number of aromatic nitrogens is 1. The molecule has 0 saturated carbocycles. The van der Waals surface area contributed by atoms with Gasteiger partial charge in [-0.2, -0.15) is 0 Å². The van der Waals surface area contributed by atoms with Gasteiger partial charge in [-0.15, -0.1) is 0 Å². The summed E-state index contributed by atoms with van der Waals surface area (Å²) in [6.45, 7) is 9.08. The summed E-state index contributed by atoms with van der Waals surface area (Å²) in [7, 11) is 0. The van der Waals surface area contributed by atoms with Crippen LogP contribution in [0.4, 0.5) is 0 Å². The average Bonchev–Trinajstić information content (AvgIpc) is 2.40. The quantitative estimate of drug-likeness (QED) is 0.770. The van der Waals surface area contributed by atoms with Gasteiger partial charge < -0.3 is 16.0 Å². The summed E-state index contributed by atoms with van der Waals surface area (Å²) < 4.78 is 2.30. The van der Waals surface area contributed by atoms with Crippen LogP contribution in [0.1, 0.15) is 42.9 Å². The van der Waals surface area contributed by atoms with Gasteiger partial charge in [0.05, 0.1) is 0 Å². The van der Waals surface area contributed by atoms with Gasteiger partial charge in [0.25, 0.3) is 0 Å². The molecular formula is C11H21N3. The summed E-state index contributed by atoms with van der Waals surface area (Å²) in [6.07, 6.45) is 0. The van der Waals surface area contributed by atoms with E-state index in [0.717, 1.165) is 0 Å². The Bertz CT molecular complexity index is 313. The van der Waals surface area contributed by atoms with E-state index >= 15 is 0 Å². The van der Waals surface area contributed by atoms with Crippen molar-refractivity contribution in [3.63, 3.8) is 0 Å². The Labute approximate surface area is 86.1 Å². The summed E-state index contributed by atoms with van der Waals surface area (Å²) in [5.41, 5.74) is 15.2. The number of nitrogens with two attached hydrogens (primary N) is 2. The van der Waals surface area contributed by atoms with Gasteiger partial charge in [-0.3, -0.25) is 0 Å². The number of nitrogens with zero attached hydrogens (tertiary/aromatic N) is 1. The predicted molar refractivity (Wildman–Crippen MR) is 60.3 cm³/mol. The molecule has 0 spiro atoms. The van der Waals surface area contributed by atoms with Crippen LogP contribution in [0.3, 0.4) is 0 Å². The minimum atomic E-state index is -0.0336. The SMILES string of the molecule is Cc1cc([C@@H](N)CN)c(C)n1C(C)C. The van der Waals surface area contributed by atoms with Crippen molar-refractivity contribution in [1.29, 1.82) is 0 Å². The van der Waals surface area contributed by atoms with Crippen LogP contribution in [-0.4, -0.2) is 11.1 Å². The molecule has 0 unspecified atom stereocenters. The van der Waals surface area contributed by atoms with Gasteiger partial charge >= 0.3 is 0 Å². The Morgan fingerprint density at radius 3 is 2.29 bits per heavy atom. The summed E-state index contributed by atoms with van der Waals surface area (Å²) in [5.74, 6) is 0. The molecule has 1 aromatic heterocycles. The largest absolute Gasteiger partial charge is 0.346 e. The molecule has 80 valence electrons. The second kappa shape index (κ2) is 4.15. The molecule has 1 aromatic rings. The van der Waals surface area contributed by atoms with Crippen LogP contribution in [0, 0.1) is 13.8 Å². The van der Waals surface area contributed by atoms with Gasteiger partial charge in [0.15, 0.2) is 0 Å². The third-order valence-corrected chi connectivity index (χ3v) is 2.69. The van der Waals surface area contributed by atoms with E-state index in [4.69, 9.17) is 11.5 Å². The second-order valence-corrected chi connectivity index (χ2v) is 4.13. The average molecular weight is 195 g/mol. The second-order valence-electron chi connectivity index (χ2n) is 4.13. The van der Waals surface area contributed by atoms with E-state index in [9.17, 15) is 0 Å². The molecule has 4 N–H and O–H groups in total. The zero-order valence-corrected chi connectivity index (χ0v) is 9.54. The fourth-order valence-corrected chi connectivity index (χ4v) is 2.10. The molecule has 0 saturated heterocycles. The van der Waals surface area contributed by atoms with E-state index in [1.807, 2.05) is 0 Å². The summed E-state index contributed by atoms with van der Waals surface area (Å²) in [4.78, 5) is 0. The van der Waals surface area contributed by atoms with E-state index in [1.165, 1.54) is 17.0 Å². The van der Waals surface area contributed by atoms with Crippen molar-refractivity contribution in [2.45, 2.75) is 39.8 Å². The van der Waals surface area contributed by atoms with Crippen LogP contribution < -0.4 is 11.5 Å². The molecule has 14 heavy (non-hydrogen) atoms. The highest BCUT2D eigenvalue weighted by Gasteiger charge is 2.15. The first-order valence-corrected chi connectivity index (χ1v) is 5.13. The van der Waals surface area contributed by atoms with Crippen LogP contribution in [-0.2, 0) is 0 Å². The van der Waals surface area contributed by atoms with Crippen molar-refractivity contribution >= 4 is 0 Å². The maximum absolute atomic E-state index is 5.94. The van der Waals surface area contributed by atoms with Crippen LogP contribution in [0.25, 0.3) is 0 Å². The minimum Gasteiger partial charge on any atom is -0.346 e. The zero-order chi connectivity index (χ0) is 10.9. The van der Waals surface area contributed by atoms with Crippen LogP contribution in [0.15, 0.2) is 6.07 Å². The lowest BCUT2D eigenvalue weighted by atomic mass is 10.1. The van der Waals surface area contributed by atoms with Crippen molar-refractivity contribution < 1.29 is 0 Å². The van der Waals surface area contributed by atoms with E-state index in [0.29, 0.717) is 12.6 Å².